The molecule has 1 aromatic rings. The van der Waals surface area contributed by atoms with E-state index in [2.05, 4.69) is 20.6 Å². The Hall–Kier alpha value is -2.16. The first kappa shape index (κ1) is 20.2. The molecule has 0 spiro atoms. The number of rotatable bonds is 5. The molecule has 1 aliphatic rings. The van der Waals surface area contributed by atoms with Crippen LogP contribution in [0.15, 0.2) is 29.5 Å². The number of nitrogens with one attached hydrogen (secondary N) is 2. The standard InChI is InChI=1S/C17H27N5O3S/c1-4-19-16(22-10-11-26(24,25)17(2,3)13-22)21-9-8-20-15(23)14-6-5-7-18-12-14/h5-7,12H,4,8-11,13H2,1-3H3,(H,19,21)(H,20,23). The number of aliphatic imine (C=N–C) groups is 1. The molecule has 0 unspecified atom stereocenters. The van der Waals surface area contributed by atoms with E-state index in [-0.39, 0.29) is 11.7 Å². The molecule has 26 heavy (non-hydrogen) atoms. The first-order valence-electron chi connectivity index (χ1n) is 8.70. The van der Waals surface area contributed by atoms with Crippen molar-refractivity contribution in [3.8, 4) is 0 Å². The van der Waals surface area contributed by atoms with Crippen molar-refractivity contribution in [3.05, 3.63) is 30.1 Å². The lowest BCUT2D eigenvalue weighted by Crippen LogP contribution is -2.57. The molecular formula is C17H27N5O3S. The van der Waals surface area contributed by atoms with Gasteiger partial charge < -0.3 is 15.5 Å². The van der Waals surface area contributed by atoms with Crippen molar-refractivity contribution >= 4 is 21.7 Å². The summed E-state index contributed by atoms with van der Waals surface area (Å²) in [6.45, 7) is 7.73. The first-order chi connectivity index (χ1) is 12.3. The number of pyridine rings is 1. The van der Waals surface area contributed by atoms with Crippen molar-refractivity contribution in [2.75, 3.05) is 38.5 Å². The van der Waals surface area contributed by atoms with E-state index in [0.717, 1.165) is 0 Å². The van der Waals surface area contributed by atoms with E-state index >= 15 is 0 Å². The third-order valence-corrected chi connectivity index (χ3v) is 6.79. The van der Waals surface area contributed by atoms with Crippen LogP contribution in [-0.2, 0) is 9.84 Å². The maximum Gasteiger partial charge on any atom is 0.252 e. The highest BCUT2D eigenvalue weighted by Crippen LogP contribution is 2.23. The van der Waals surface area contributed by atoms with Crippen LogP contribution in [0, 0.1) is 0 Å². The van der Waals surface area contributed by atoms with E-state index in [1.807, 2.05) is 11.8 Å². The smallest absolute Gasteiger partial charge is 0.252 e. The van der Waals surface area contributed by atoms with E-state index in [0.29, 0.717) is 44.2 Å². The molecule has 0 bridgehead atoms. The van der Waals surface area contributed by atoms with Crippen molar-refractivity contribution < 1.29 is 13.2 Å². The molecule has 0 saturated carbocycles. The number of carbonyl (C=O) groups is 1. The molecule has 2 rings (SSSR count). The average Bonchev–Trinajstić information content (AvgIpc) is 2.60. The van der Waals surface area contributed by atoms with Gasteiger partial charge in [0.15, 0.2) is 15.8 Å². The Kier molecular flexibility index (Phi) is 6.57. The topological polar surface area (TPSA) is 104 Å². The van der Waals surface area contributed by atoms with Gasteiger partial charge in [0.25, 0.3) is 5.91 Å². The number of carbonyl (C=O) groups excluding carboxylic acids is 1. The molecule has 9 heteroatoms. The molecule has 0 aliphatic carbocycles. The molecule has 2 N–H and O–H groups in total. The van der Waals surface area contributed by atoms with Gasteiger partial charge in [-0.3, -0.25) is 14.8 Å². The van der Waals surface area contributed by atoms with Gasteiger partial charge >= 0.3 is 0 Å². The summed E-state index contributed by atoms with van der Waals surface area (Å²) in [5, 5.41) is 6.00. The molecule has 2 heterocycles. The lowest BCUT2D eigenvalue weighted by atomic mass is 10.2. The second-order valence-corrected chi connectivity index (χ2v) is 9.48. The van der Waals surface area contributed by atoms with Crippen molar-refractivity contribution in [1.82, 2.24) is 20.5 Å². The predicted molar refractivity (Wildman–Crippen MR) is 102 cm³/mol. The molecule has 0 aromatic carbocycles. The van der Waals surface area contributed by atoms with E-state index < -0.39 is 14.6 Å². The van der Waals surface area contributed by atoms with Gasteiger partial charge in [0.2, 0.25) is 0 Å². The monoisotopic (exact) mass is 381 g/mol. The van der Waals surface area contributed by atoms with Gasteiger partial charge in [0.05, 0.1) is 22.6 Å². The van der Waals surface area contributed by atoms with Gasteiger partial charge in [0.1, 0.15) is 0 Å². The largest absolute Gasteiger partial charge is 0.357 e. The zero-order valence-corrected chi connectivity index (χ0v) is 16.3. The second-order valence-electron chi connectivity index (χ2n) is 6.73. The number of amides is 1. The fourth-order valence-corrected chi connectivity index (χ4v) is 4.05. The van der Waals surface area contributed by atoms with Gasteiger partial charge in [-0.1, -0.05) is 0 Å². The summed E-state index contributed by atoms with van der Waals surface area (Å²) in [7, 11) is -3.10. The third kappa shape index (κ3) is 4.94. The van der Waals surface area contributed by atoms with E-state index in [1.165, 1.54) is 6.20 Å². The Morgan fingerprint density at radius 1 is 1.38 bits per heavy atom. The summed E-state index contributed by atoms with van der Waals surface area (Å²) in [5.74, 6) is 0.594. The Balaban J connectivity index is 1.94. The Bertz CT molecular complexity index is 747. The average molecular weight is 382 g/mol. The van der Waals surface area contributed by atoms with E-state index in [1.54, 1.807) is 32.2 Å². The Labute approximate surface area is 155 Å². The molecule has 0 atom stereocenters. The summed E-state index contributed by atoms with van der Waals surface area (Å²) >= 11 is 0. The van der Waals surface area contributed by atoms with Gasteiger partial charge in [-0.15, -0.1) is 0 Å². The maximum atomic E-state index is 12.2. The predicted octanol–water partition coefficient (Wildman–Crippen LogP) is 0.286. The number of hydrogen-bond acceptors (Lipinski definition) is 5. The van der Waals surface area contributed by atoms with Crippen molar-refractivity contribution in [2.24, 2.45) is 4.99 Å². The van der Waals surface area contributed by atoms with Crippen LogP contribution >= 0.6 is 0 Å². The first-order valence-corrected chi connectivity index (χ1v) is 10.4. The molecule has 1 fully saturated rings. The lowest BCUT2D eigenvalue weighted by Gasteiger charge is -2.39. The highest BCUT2D eigenvalue weighted by molar-refractivity contribution is 7.92. The maximum absolute atomic E-state index is 12.2. The van der Waals surface area contributed by atoms with Crippen molar-refractivity contribution in [2.45, 2.75) is 25.5 Å². The fourth-order valence-electron chi connectivity index (χ4n) is 2.68. The zero-order chi connectivity index (χ0) is 19.2. The molecule has 1 aliphatic heterocycles. The third-order valence-electron chi connectivity index (χ3n) is 4.26. The van der Waals surface area contributed by atoms with Crippen LogP contribution in [0.5, 0.6) is 0 Å². The molecule has 8 nitrogen and oxygen atoms in total. The van der Waals surface area contributed by atoms with Gasteiger partial charge in [0, 0.05) is 38.6 Å². The van der Waals surface area contributed by atoms with Crippen molar-refractivity contribution in [3.63, 3.8) is 0 Å². The summed E-state index contributed by atoms with van der Waals surface area (Å²) in [4.78, 5) is 22.4. The Morgan fingerprint density at radius 2 is 2.15 bits per heavy atom. The van der Waals surface area contributed by atoms with Crippen LogP contribution in [0.4, 0.5) is 0 Å². The zero-order valence-electron chi connectivity index (χ0n) is 15.5. The number of sulfone groups is 1. The quantitative estimate of drug-likeness (QED) is 0.432. The number of aromatic nitrogens is 1. The summed E-state index contributed by atoms with van der Waals surface area (Å²) < 4.78 is 23.5. The summed E-state index contributed by atoms with van der Waals surface area (Å²) in [5.41, 5.74) is 0.506. The SMILES string of the molecule is CCNC(=NCCNC(=O)c1cccnc1)N1CCS(=O)(=O)C(C)(C)C1. The van der Waals surface area contributed by atoms with Crippen LogP contribution in [-0.4, -0.2) is 73.4 Å². The molecular weight excluding hydrogens is 354 g/mol. The highest BCUT2D eigenvalue weighted by Gasteiger charge is 2.40. The number of nitrogens with zero attached hydrogens (tertiary/aromatic N) is 3. The molecule has 1 saturated heterocycles. The summed E-state index contributed by atoms with van der Waals surface area (Å²) in [6.07, 6.45) is 3.13. The number of hydrogen-bond donors (Lipinski definition) is 2. The molecule has 1 aromatic heterocycles. The van der Waals surface area contributed by atoms with Crippen LogP contribution in [0.25, 0.3) is 0 Å². The van der Waals surface area contributed by atoms with E-state index in [9.17, 15) is 13.2 Å². The molecule has 144 valence electrons. The minimum Gasteiger partial charge on any atom is -0.357 e. The van der Waals surface area contributed by atoms with Crippen molar-refractivity contribution in [1.29, 1.82) is 0 Å². The van der Waals surface area contributed by atoms with Crippen LogP contribution < -0.4 is 10.6 Å². The van der Waals surface area contributed by atoms with Crippen LogP contribution in [0.3, 0.4) is 0 Å². The fraction of sp³-hybridized carbons (Fsp3) is 0.588. The van der Waals surface area contributed by atoms with Gasteiger partial charge in [-0.25, -0.2) is 8.42 Å². The molecule has 1 amide bonds. The minimum absolute atomic E-state index is 0.113. The second kappa shape index (κ2) is 8.48. The van der Waals surface area contributed by atoms with Crippen LogP contribution in [0.2, 0.25) is 0 Å². The van der Waals surface area contributed by atoms with Gasteiger partial charge in [-0.05, 0) is 32.9 Å². The summed E-state index contributed by atoms with van der Waals surface area (Å²) in [6, 6.07) is 3.41. The van der Waals surface area contributed by atoms with Gasteiger partial charge in [-0.2, -0.15) is 0 Å². The van der Waals surface area contributed by atoms with E-state index in [4.69, 9.17) is 0 Å². The lowest BCUT2D eigenvalue weighted by molar-refractivity contribution is 0.0954. The molecule has 0 radical (unpaired) electrons. The minimum atomic E-state index is -3.10. The normalized spacial score (nSPS) is 19.0. The highest BCUT2D eigenvalue weighted by atomic mass is 32.2. The van der Waals surface area contributed by atoms with Crippen LogP contribution in [0.1, 0.15) is 31.1 Å². The number of guanidine groups is 1. The Morgan fingerprint density at radius 3 is 2.77 bits per heavy atom.